The standard InChI is InChI=1S/C15H19NO/c1-12(10-13-6-4-3-5-7-13)11-16(2)15(17)14-8-9-14/h3-7,10,14H,8-9,11H2,1-2H3/b12-10+. The Bertz CT molecular complexity index is 418. The molecular weight excluding hydrogens is 210 g/mol. The molecule has 1 aliphatic rings. The van der Waals surface area contributed by atoms with Crippen LogP contribution in [0, 0.1) is 5.92 Å². The van der Waals surface area contributed by atoms with Crippen molar-refractivity contribution >= 4 is 12.0 Å². The van der Waals surface area contributed by atoms with Crippen molar-refractivity contribution in [3.05, 3.63) is 41.5 Å². The van der Waals surface area contributed by atoms with Gasteiger partial charge in [-0.2, -0.15) is 0 Å². The van der Waals surface area contributed by atoms with Crippen LogP contribution in [0.1, 0.15) is 25.3 Å². The molecule has 90 valence electrons. The molecule has 0 heterocycles. The molecule has 1 aliphatic carbocycles. The molecule has 1 aromatic carbocycles. The van der Waals surface area contributed by atoms with Crippen LogP contribution in [-0.4, -0.2) is 24.4 Å². The Morgan fingerprint density at radius 2 is 2.00 bits per heavy atom. The summed E-state index contributed by atoms with van der Waals surface area (Å²) in [6.45, 7) is 2.80. The van der Waals surface area contributed by atoms with Gasteiger partial charge in [0, 0.05) is 19.5 Å². The summed E-state index contributed by atoms with van der Waals surface area (Å²) in [7, 11) is 1.89. The van der Waals surface area contributed by atoms with Crippen LogP contribution < -0.4 is 0 Å². The molecular formula is C15H19NO. The van der Waals surface area contributed by atoms with Crippen molar-refractivity contribution in [2.75, 3.05) is 13.6 Å². The first-order chi connectivity index (χ1) is 8.16. The number of rotatable bonds is 4. The van der Waals surface area contributed by atoms with E-state index in [2.05, 4.69) is 25.1 Å². The number of nitrogens with zero attached hydrogens (tertiary/aromatic N) is 1. The van der Waals surface area contributed by atoms with Crippen LogP contribution in [0.3, 0.4) is 0 Å². The van der Waals surface area contributed by atoms with E-state index in [1.54, 1.807) is 0 Å². The van der Waals surface area contributed by atoms with Gasteiger partial charge in [0.1, 0.15) is 0 Å². The molecule has 0 bridgehead atoms. The summed E-state index contributed by atoms with van der Waals surface area (Å²) in [5.74, 6) is 0.607. The van der Waals surface area contributed by atoms with E-state index in [1.165, 1.54) is 11.1 Å². The Labute approximate surface area is 103 Å². The lowest BCUT2D eigenvalue weighted by Crippen LogP contribution is -2.29. The number of carbonyl (C=O) groups is 1. The highest BCUT2D eigenvalue weighted by atomic mass is 16.2. The van der Waals surface area contributed by atoms with E-state index < -0.39 is 0 Å². The molecule has 0 spiro atoms. The van der Waals surface area contributed by atoms with Crippen LogP contribution in [0.2, 0.25) is 0 Å². The fourth-order valence-electron chi connectivity index (χ4n) is 1.97. The van der Waals surface area contributed by atoms with Crippen LogP contribution >= 0.6 is 0 Å². The predicted molar refractivity (Wildman–Crippen MR) is 70.5 cm³/mol. The van der Waals surface area contributed by atoms with E-state index in [4.69, 9.17) is 0 Å². The van der Waals surface area contributed by atoms with Crippen molar-refractivity contribution in [3.63, 3.8) is 0 Å². The monoisotopic (exact) mass is 229 g/mol. The number of amides is 1. The predicted octanol–water partition coefficient (Wildman–Crippen LogP) is 2.96. The largest absolute Gasteiger partial charge is 0.342 e. The van der Waals surface area contributed by atoms with Gasteiger partial charge in [-0.05, 0) is 25.3 Å². The quantitative estimate of drug-likeness (QED) is 0.777. The highest BCUT2D eigenvalue weighted by Crippen LogP contribution is 2.30. The van der Waals surface area contributed by atoms with Gasteiger partial charge in [-0.25, -0.2) is 0 Å². The second kappa shape index (κ2) is 5.17. The smallest absolute Gasteiger partial charge is 0.225 e. The van der Waals surface area contributed by atoms with E-state index >= 15 is 0 Å². The SMILES string of the molecule is C/C(=C\c1ccccc1)CN(C)C(=O)C1CC1. The van der Waals surface area contributed by atoms with E-state index in [9.17, 15) is 4.79 Å². The highest BCUT2D eigenvalue weighted by Gasteiger charge is 2.31. The summed E-state index contributed by atoms with van der Waals surface area (Å²) < 4.78 is 0. The van der Waals surface area contributed by atoms with Gasteiger partial charge in [-0.15, -0.1) is 0 Å². The Morgan fingerprint density at radius 1 is 1.35 bits per heavy atom. The maximum atomic E-state index is 11.8. The molecule has 0 atom stereocenters. The van der Waals surface area contributed by atoms with Crippen LogP contribution in [0.15, 0.2) is 35.9 Å². The van der Waals surface area contributed by atoms with Crippen molar-refractivity contribution < 1.29 is 4.79 Å². The Kier molecular flexibility index (Phi) is 3.62. The first kappa shape index (κ1) is 11.9. The number of likely N-dealkylation sites (N-methyl/N-ethyl adjacent to an activating group) is 1. The van der Waals surface area contributed by atoms with Crippen LogP contribution in [-0.2, 0) is 4.79 Å². The Balaban J connectivity index is 1.94. The van der Waals surface area contributed by atoms with Gasteiger partial charge in [0.05, 0.1) is 0 Å². The molecule has 0 radical (unpaired) electrons. The minimum absolute atomic E-state index is 0.297. The van der Waals surface area contributed by atoms with Gasteiger partial charge in [0.15, 0.2) is 0 Å². The number of hydrogen-bond acceptors (Lipinski definition) is 1. The second-order valence-electron chi connectivity index (χ2n) is 4.87. The zero-order valence-corrected chi connectivity index (χ0v) is 10.5. The summed E-state index contributed by atoms with van der Waals surface area (Å²) in [5.41, 5.74) is 2.41. The van der Waals surface area contributed by atoms with E-state index in [1.807, 2.05) is 30.1 Å². The molecule has 1 saturated carbocycles. The fraction of sp³-hybridized carbons (Fsp3) is 0.400. The van der Waals surface area contributed by atoms with Gasteiger partial charge in [0.25, 0.3) is 0 Å². The topological polar surface area (TPSA) is 20.3 Å². The van der Waals surface area contributed by atoms with Crippen molar-refractivity contribution in [1.29, 1.82) is 0 Å². The average molecular weight is 229 g/mol. The summed E-state index contributed by atoms with van der Waals surface area (Å²) in [6, 6.07) is 10.2. The molecule has 2 rings (SSSR count). The normalized spacial score (nSPS) is 15.8. The highest BCUT2D eigenvalue weighted by molar-refractivity contribution is 5.81. The van der Waals surface area contributed by atoms with Gasteiger partial charge >= 0.3 is 0 Å². The third-order valence-corrected chi connectivity index (χ3v) is 3.00. The minimum atomic E-state index is 0.297. The minimum Gasteiger partial charge on any atom is -0.342 e. The zero-order valence-electron chi connectivity index (χ0n) is 10.5. The summed E-state index contributed by atoms with van der Waals surface area (Å²) in [6.07, 6.45) is 4.28. The van der Waals surface area contributed by atoms with E-state index in [0.29, 0.717) is 11.8 Å². The van der Waals surface area contributed by atoms with Crippen LogP contribution in [0.25, 0.3) is 6.08 Å². The maximum absolute atomic E-state index is 11.8. The van der Waals surface area contributed by atoms with Crippen molar-refractivity contribution in [2.24, 2.45) is 5.92 Å². The first-order valence-electron chi connectivity index (χ1n) is 6.14. The number of carbonyl (C=O) groups excluding carboxylic acids is 1. The lowest BCUT2D eigenvalue weighted by atomic mass is 10.1. The Hall–Kier alpha value is -1.57. The van der Waals surface area contributed by atoms with Gasteiger partial charge in [0.2, 0.25) is 5.91 Å². The molecule has 1 aromatic rings. The zero-order chi connectivity index (χ0) is 12.3. The molecule has 1 amide bonds. The number of benzene rings is 1. The lowest BCUT2D eigenvalue weighted by molar-refractivity contribution is -0.130. The molecule has 1 fully saturated rings. The molecule has 2 nitrogen and oxygen atoms in total. The lowest BCUT2D eigenvalue weighted by Gasteiger charge is -2.17. The third kappa shape index (κ3) is 3.45. The van der Waals surface area contributed by atoms with Crippen molar-refractivity contribution in [1.82, 2.24) is 4.90 Å². The second-order valence-corrected chi connectivity index (χ2v) is 4.87. The molecule has 0 N–H and O–H groups in total. The Morgan fingerprint density at radius 3 is 2.59 bits per heavy atom. The van der Waals surface area contributed by atoms with E-state index in [0.717, 1.165) is 19.4 Å². The first-order valence-corrected chi connectivity index (χ1v) is 6.14. The molecule has 0 unspecified atom stereocenters. The van der Waals surface area contributed by atoms with Crippen LogP contribution in [0.5, 0.6) is 0 Å². The average Bonchev–Trinajstić information content (AvgIpc) is 3.13. The summed E-state index contributed by atoms with van der Waals surface area (Å²) >= 11 is 0. The summed E-state index contributed by atoms with van der Waals surface area (Å²) in [4.78, 5) is 13.6. The summed E-state index contributed by atoms with van der Waals surface area (Å²) in [5, 5.41) is 0. The number of hydrogen-bond donors (Lipinski definition) is 0. The maximum Gasteiger partial charge on any atom is 0.225 e. The van der Waals surface area contributed by atoms with E-state index in [-0.39, 0.29) is 0 Å². The molecule has 0 saturated heterocycles. The third-order valence-electron chi connectivity index (χ3n) is 3.00. The van der Waals surface area contributed by atoms with Gasteiger partial charge in [-0.3, -0.25) is 4.79 Å². The van der Waals surface area contributed by atoms with Crippen LogP contribution in [0.4, 0.5) is 0 Å². The van der Waals surface area contributed by atoms with Crippen molar-refractivity contribution in [2.45, 2.75) is 19.8 Å². The van der Waals surface area contributed by atoms with Gasteiger partial charge < -0.3 is 4.90 Å². The fourth-order valence-corrected chi connectivity index (χ4v) is 1.97. The molecule has 2 heteroatoms. The molecule has 0 aromatic heterocycles. The molecule has 17 heavy (non-hydrogen) atoms. The van der Waals surface area contributed by atoms with Gasteiger partial charge in [-0.1, -0.05) is 42.0 Å². The van der Waals surface area contributed by atoms with Crippen molar-refractivity contribution in [3.8, 4) is 0 Å². The molecule has 0 aliphatic heterocycles.